The molecule has 1 rings (SSSR count). The molecule has 0 spiro atoms. The Kier molecular flexibility index (Phi) is 4.86. The first-order valence-corrected chi connectivity index (χ1v) is 5.50. The van der Waals surface area contributed by atoms with Crippen LogP contribution in [-0.2, 0) is 0 Å². The van der Waals surface area contributed by atoms with Gasteiger partial charge in [-0.15, -0.1) is 0 Å². The Morgan fingerprint density at radius 3 is 2.27 bits per heavy atom. The molecule has 1 saturated heterocycles. The zero-order chi connectivity index (χ0) is 11.3. The second-order valence-corrected chi connectivity index (χ2v) is 4.07. The zero-order valence-electron chi connectivity index (χ0n) is 9.11. The molecule has 1 N–H and O–H groups in total. The van der Waals surface area contributed by atoms with E-state index < -0.39 is 12.2 Å². The minimum Gasteiger partial charge on any atom is -0.309 e. The van der Waals surface area contributed by atoms with Crippen LogP contribution in [0.1, 0.15) is 25.7 Å². The molecule has 15 heavy (non-hydrogen) atoms. The average Bonchev–Trinajstić information content (AvgIpc) is 2.18. The van der Waals surface area contributed by atoms with E-state index in [1.54, 1.807) is 0 Å². The largest absolute Gasteiger partial charge is 0.403 e. The lowest BCUT2D eigenvalue weighted by Gasteiger charge is -2.28. The van der Waals surface area contributed by atoms with Crippen LogP contribution in [0.5, 0.6) is 0 Å². The molecule has 1 atom stereocenters. The van der Waals surface area contributed by atoms with Gasteiger partial charge in [-0.05, 0) is 45.9 Å². The lowest BCUT2D eigenvalue weighted by atomic mass is 10.1. The summed E-state index contributed by atoms with van der Waals surface area (Å²) < 4.78 is 37.2. The van der Waals surface area contributed by atoms with Crippen molar-refractivity contribution in [3.8, 4) is 0 Å². The highest BCUT2D eigenvalue weighted by atomic mass is 19.4. The molecule has 0 saturated carbocycles. The number of nitrogens with one attached hydrogen (secondary N) is 1. The lowest BCUT2D eigenvalue weighted by molar-refractivity contribution is -0.156. The number of piperidine rings is 1. The van der Waals surface area contributed by atoms with Crippen LogP contribution in [0.4, 0.5) is 13.2 Å². The normalized spacial score (nSPS) is 21.6. The zero-order valence-corrected chi connectivity index (χ0v) is 9.11. The van der Waals surface area contributed by atoms with E-state index >= 15 is 0 Å². The molecule has 2 nitrogen and oxygen atoms in total. The fourth-order valence-corrected chi connectivity index (χ4v) is 1.97. The van der Waals surface area contributed by atoms with Gasteiger partial charge in [0, 0.05) is 0 Å². The third-order valence-corrected chi connectivity index (χ3v) is 2.93. The molecule has 0 aliphatic carbocycles. The molecule has 0 bridgehead atoms. The number of rotatable bonds is 4. The molecular weight excluding hydrogens is 205 g/mol. The molecule has 1 fully saturated rings. The van der Waals surface area contributed by atoms with Gasteiger partial charge in [-0.2, -0.15) is 13.2 Å². The Bertz CT molecular complexity index is 176. The third kappa shape index (κ3) is 4.38. The molecule has 1 aliphatic heterocycles. The summed E-state index contributed by atoms with van der Waals surface area (Å²) in [5, 5.41) is 2.33. The van der Waals surface area contributed by atoms with E-state index in [1.165, 1.54) is 13.5 Å². The van der Waals surface area contributed by atoms with Crippen molar-refractivity contribution in [3.63, 3.8) is 0 Å². The average molecular weight is 224 g/mol. The van der Waals surface area contributed by atoms with Crippen LogP contribution in [-0.4, -0.2) is 43.8 Å². The summed E-state index contributed by atoms with van der Waals surface area (Å²) >= 11 is 0. The minimum absolute atomic E-state index is 0.153. The predicted octanol–water partition coefficient (Wildman–Crippen LogP) is 2.01. The van der Waals surface area contributed by atoms with Crippen LogP contribution in [0.15, 0.2) is 0 Å². The maximum absolute atomic E-state index is 12.4. The van der Waals surface area contributed by atoms with Crippen molar-refractivity contribution >= 4 is 0 Å². The second kappa shape index (κ2) is 5.70. The van der Waals surface area contributed by atoms with E-state index in [4.69, 9.17) is 0 Å². The monoisotopic (exact) mass is 224 g/mol. The Morgan fingerprint density at radius 1 is 1.20 bits per heavy atom. The van der Waals surface area contributed by atoms with Gasteiger partial charge in [0.25, 0.3) is 0 Å². The van der Waals surface area contributed by atoms with Crippen molar-refractivity contribution in [2.24, 2.45) is 0 Å². The summed E-state index contributed by atoms with van der Waals surface area (Å²) in [6.07, 6.45) is -0.512. The predicted molar refractivity (Wildman–Crippen MR) is 53.8 cm³/mol. The molecular formula is C10H19F3N2. The number of likely N-dealkylation sites (tertiary alicyclic amines) is 1. The van der Waals surface area contributed by atoms with Crippen molar-refractivity contribution in [1.82, 2.24) is 10.2 Å². The van der Waals surface area contributed by atoms with Gasteiger partial charge in [-0.25, -0.2) is 0 Å². The lowest BCUT2D eigenvalue weighted by Crippen LogP contribution is -2.43. The van der Waals surface area contributed by atoms with Gasteiger partial charge in [0.1, 0.15) is 6.04 Å². The van der Waals surface area contributed by atoms with Crippen molar-refractivity contribution < 1.29 is 13.2 Å². The summed E-state index contributed by atoms with van der Waals surface area (Å²) in [5.74, 6) is 0. The molecule has 1 aliphatic rings. The molecule has 0 aromatic carbocycles. The fourth-order valence-electron chi connectivity index (χ4n) is 1.97. The van der Waals surface area contributed by atoms with E-state index in [0.29, 0.717) is 6.54 Å². The SMILES string of the molecule is CNC(CCN1CCCCC1)C(F)(F)F. The molecule has 5 heteroatoms. The van der Waals surface area contributed by atoms with E-state index in [2.05, 4.69) is 10.2 Å². The van der Waals surface area contributed by atoms with Gasteiger partial charge < -0.3 is 10.2 Å². The van der Waals surface area contributed by atoms with Crippen LogP contribution in [0.3, 0.4) is 0 Å². The Balaban J connectivity index is 2.27. The van der Waals surface area contributed by atoms with E-state index in [-0.39, 0.29) is 6.42 Å². The van der Waals surface area contributed by atoms with Crippen LogP contribution in [0.2, 0.25) is 0 Å². The summed E-state index contributed by atoms with van der Waals surface area (Å²) in [4.78, 5) is 2.12. The molecule has 0 radical (unpaired) electrons. The first-order chi connectivity index (χ1) is 7.04. The van der Waals surface area contributed by atoms with Gasteiger partial charge in [-0.3, -0.25) is 0 Å². The molecule has 0 amide bonds. The van der Waals surface area contributed by atoms with Crippen molar-refractivity contribution in [2.45, 2.75) is 37.9 Å². The Hall–Kier alpha value is -0.290. The van der Waals surface area contributed by atoms with Gasteiger partial charge in [0.15, 0.2) is 0 Å². The highest BCUT2D eigenvalue weighted by Crippen LogP contribution is 2.22. The molecule has 0 aromatic heterocycles. The van der Waals surface area contributed by atoms with Gasteiger partial charge in [-0.1, -0.05) is 6.42 Å². The molecule has 90 valence electrons. The number of nitrogens with zero attached hydrogens (tertiary/aromatic N) is 1. The van der Waals surface area contributed by atoms with Crippen LogP contribution in [0.25, 0.3) is 0 Å². The maximum Gasteiger partial charge on any atom is 0.403 e. The summed E-state index contributed by atoms with van der Waals surface area (Å²) in [6, 6.07) is -1.36. The van der Waals surface area contributed by atoms with E-state index in [9.17, 15) is 13.2 Å². The van der Waals surface area contributed by atoms with Crippen molar-refractivity contribution in [2.75, 3.05) is 26.7 Å². The number of halogens is 3. The van der Waals surface area contributed by atoms with Crippen LogP contribution in [0, 0.1) is 0 Å². The summed E-state index contributed by atoms with van der Waals surface area (Å²) in [6.45, 7) is 2.45. The molecule has 1 heterocycles. The number of alkyl halides is 3. The summed E-state index contributed by atoms with van der Waals surface area (Å²) in [5.41, 5.74) is 0. The smallest absolute Gasteiger partial charge is 0.309 e. The fraction of sp³-hybridized carbons (Fsp3) is 1.00. The maximum atomic E-state index is 12.4. The first-order valence-electron chi connectivity index (χ1n) is 5.50. The van der Waals surface area contributed by atoms with Crippen LogP contribution < -0.4 is 5.32 Å². The number of hydrogen-bond donors (Lipinski definition) is 1. The van der Waals surface area contributed by atoms with Gasteiger partial charge in [0.2, 0.25) is 0 Å². The van der Waals surface area contributed by atoms with Crippen LogP contribution >= 0.6 is 0 Å². The molecule has 1 unspecified atom stereocenters. The number of hydrogen-bond acceptors (Lipinski definition) is 2. The summed E-state index contributed by atoms with van der Waals surface area (Å²) in [7, 11) is 1.37. The molecule has 0 aromatic rings. The highest BCUT2D eigenvalue weighted by molar-refractivity contribution is 4.76. The van der Waals surface area contributed by atoms with Gasteiger partial charge >= 0.3 is 6.18 Å². The third-order valence-electron chi connectivity index (χ3n) is 2.93. The van der Waals surface area contributed by atoms with Crippen molar-refractivity contribution in [3.05, 3.63) is 0 Å². The minimum atomic E-state index is -4.12. The highest BCUT2D eigenvalue weighted by Gasteiger charge is 2.38. The topological polar surface area (TPSA) is 15.3 Å². The Labute approximate surface area is 88.8 Å². The van der Waals surface area contributed by atoms with Gasteiger partial charge in [0.05, 0.1) is 0 Å². The van der Waals surface area contributed by atoms with E-state index in [1.807, 2.05) is 0 Å². The Morgan fingerprint density at radius 2 is 1.80 bits per heavy atom. The van der Waals surface area contributed by atoms with E-state index in [0.717, 1.165) is 25.9 Å². The van der Waals surface area contributed by atoms with Crippen molar-refractivity contribution in [1.29, 1.82) is 0 Å². The first kappa shape index (κ1) is 12.8. The quantitative estimate of drug-likeness (QED) is 0.786. The standard InChI is InChI=1S/C10H19F3N2/c1-14-9(10(11,12)13)5-8-15-6-3-2-4-7-15/h9,14H,2-8H2,1H3. The second-order valence-electron chi connectivity index (χ2n) is 4.07.